The van der Waals surface area contributed by atoms with Crippen molar-refractivity contribution in [3.05, 3.63) is 35.9 Å². The molecule has 0 radical (unpaired) electrons. The van der Waals surface area contributed by atoms with Crippen LogP contribution in [-0.2, 0) is 9.53 Å². The average Bonchev–Trinajstić information content (AvgIpc) is 2.55. The Morgan fingerprint density at radius 3 is 2.52 bits per heavy atom. The lowest BCUT2D eigenvalue weighted by molar-refractivity contribution is -0.142. The molecule has 2 N–H and O–H groups in total. The van der Waals surface area contributed by atoms with E-state index >= 15 is 0 Å². The molecule has 2 heterocycles. The molecular weight excluding hydrogens is 312 g/mol. The van der Waals surface area contributed by atoms with Crippen LogP contribution in [0.2, 0.25) is 0 Å². The molecule has 3 rings (SSSR count). The molecule has 128 valence electrons. The quantitative estimate of drug-likeness (QED) is 0.901. The first-order valence-electron chi connectivity index (χ1n) is 8.31. The number of nitrogens with zero attached hydrogens (tertiary/aromatic N) is 1. The third kappa shape index (κ3) is 3.87. The van der Waals surface area contributed by atoms with E-state index in [1.165, 1.54) is 5.56 Å². The minimum absolute atomic E-state index is 0. The third-order valence-corrected chi connectivity index (χ3v) is 5.23. The minimum atomic E-state index is -0.711. The summed E-state index contributed by atoms with van der Waals surface area (Å²) in [4.78, 5) is 14.8. The second kappa shape index (κ2) is 7.65. The van der Waals surface area contributed by atoms with Gasteiger partial charge in [0.2, 0.25) is 5.91 Å². The normalized spacial score (nSPS) is 27.1. The summed E-state index contributed by atoms with van der Waals surface area (Å²) in [5.74, 6) is 1.12. The summed E-state index contributed by atoms with van der Waals surface area (Å²) in [5.41, 5.74) is 7.03. The molecule has 0 bridgehead atoms. The van der Waals surface area contributed by atoms with Gasteiger partial charge in [-0.25, -0.2) is 0 Å². The van der Waals surface area contributed by atoms with Crippen LogP contribution in [0.15, 0.2) is 30.3 Å². The number of benzene rings is 1. The monoisotopic (exact) mass is 338 g/mol. The molecule has 0 aromatic heterocycles. The lowest BCUT2D eigenvalue weighted by atomic mass is 9.80. The molecule has 2 saturated heterocycles. The molecule has 2 aliphatic heterocycles. The molecule has 1 aromatic carbocycles. The fraction of sp³-hybridized carbons (Fsp3) is 0.611. The Bertz CT molecular complexity index is 517. The van der Waals surface area contributed by atoms with Crippen LogP contribution in [0.25, 0.3) is 0 Å². The Balaban J connectivity index is 0.00000192. The first-order chi connectivity index (χ1) is 10.6. The van der Waals surface area contributed by atoms with E-state index in [0.29, 0.717) is 37.9 Å². The molecule has 2 unspecified atom stereocenters. The van der Waals surface area contributed by atoms with Gasteiger partial charge in [0.25, 0.3) is 0 Å². The second-order valence-corrected chi connectivity index (χ2v) is 6.80. The molecule has 2 fully saturated rings. The highest BCUT2D eigenvalue weighted by Crippen LogP contribution is 2.34. The van der Waals surface area contributed by atoms with Crippen molar-refractivity contribution in [2.75, 3.05) is 26.3 Å². The first-order valence-corrected chi connectivity index (χ1v) is 8.31. The molecule has 0 aliphatic carbocycles. The van der Waals surface area contributed by atoms with Gasteiger partial charge in [-0.3, -0.25) is 4.79 Å². The van der Waals surface area contributed by atoms with E-state index < -0.39 is 5.54 Å². The number of nitrogens with two attached hydrogens (primary N) is 1. The number of piperidine rings is 1. The summed E-state index contributed by atoms with van der Waals surface area (Å²) in [7, 11) is 0. The van der Waals surface area contributed by atoms with Crippen LogP contribution in [0.1, 0.15) is 37.7 Å². The SMILES string of the molecule is CC1CN(C(=O)C2(N)CCOCC2)CCC1c1ccccc1.Cl. The molecule has 5 heteroatoms. The van der Waals surface area contributed by atoms with Gasteiger partial charge in [-0.15, -0.1) is 12.4 Å². The van der Waals surface area contributed by atoms with Gasteiger partial charge >= 0.3 is 0 Å². The Kier molecular flexibility index (Phi) is 6.06. The van der Waals surface area contributed by atoms with Crippen LogP contribution in [0.4, 0.5) is 0 Å². The first kappa shape index (κ1) is 18.2. The van der Waals surface area contributed by atoms with E-state index in [1.807, 2.05) is 4.90 Å². The number of carbonyl (C=O) groups is 1. The summed E-state index contributed by atoms with van der Waals surface area (Å²) in [6.07, 6.45) is 2.29. The molecule has 0 spiro atoms. The highest BCUT2D eigenvalue weighted by molar-refractivity contribution is 5.86. The highest BCUT2D eigenvalue weighted by Gasteiger charge is 2.41. The van der Waals surface area contributed by atoms with Gasteiger partial charge in [-0.05, 0) is 36.7 Å². The van der Waals surface area contributed by atoms with Crippen molar-refractivity contribution in [3.8, 4) is 0 Å². The number of hydrogen-bond donors (Lipinski definition) is 1. The molecule has 4 nitrogen and oxygen atoms in total. The summed E-state index contributed by atoms with van der Waals surface area (Å²) in [6, 6.07) is 10.6. The largest absolute Gasteiger partial charge is 0.381 e. The van der Waals surface area contributed by atoms with Crippen LogP contribution in [0, 0.1) is 5.92 Å². The van der Waals surface area contributed by atoms with Crippen LogP contribution in [0.5, 0.6) is 0 Å². The Labute approximate surface area is 144 Å². The topological polar surface area (TPSA) is 55.6 Å². The maximum absolute atomic E-state index is 12.8. The minimum Gasteiger partial charge on any atom is -0.381 e. The summed E-state index contributed by atoms with van der Waals surface area (Å²) >= 11 is 0. The molecule has 2 atom stereocenters. The summed E-state index contributed by atoms with van der Waals surface area (Å²) in [6.45, 7) is 5.04. The van der Waals surface area contributed by atoms with Crippen LogP contribution in [-0.4, -0.2) is 42.6 Å². The number of hydrogen-bond acceptors (Lipinski definition) is 3. The van der Waals surface area contributed by atoms with Gasteiger partial charge in [0, 0.05) is 26.3 Å². The molecular formula is C18H27ClN2O2. The number of rotatable bonds is 2. The zero-order valence-corrected chi connectivity index (χ0v) is 14.6. The molecule has 0 saturated carbocycles. The predicted octanol–water partition coefficient (Wildman–Crippen LogP) is 2.57. The number of likely N-dealkylation sites (tertiary alicyclic amines) is 1. The van der Waals surface area contributed by atoms with Crippen molar-refractivity contribution in [1.29, 1.82) is 0 Å². The van der Waals surface area contributed by atoms with Crippen molar-refractivity contribution in [2.24, 2.45) is 11.7 Å². The number of ether oxygens (including phenoxy) is 1. The molecule has 1 amide bonds. The van der Waals surface area contributed by atoms with Gasteiger partial charge in [-0.1, -0.05) is 37.3 Å². The van der Waals surface area contributed by atoms with E-state index in [1.54, 1.807) is 0 Å². The Morgan fingerprint density at radius 2 is 1.91 bits per heavy atom. The molecule has 23 heavy (non-hydrogen) atoms. The molecule has 2 aliphatic rings. The van der Waals surface area contributed by atoms with Crippen molar-refractivity contribution < 1.29 is 9.53 Å². The maximum Gasteiger partial charge on any atom is 0.242 e. The van der Waals surface area contributed by atoms with E-state index in [-0.39, 0.29) is 18.3 Å². The van der Waals surface area contributed by atoms with Crippen LogP contribution < -0.4 is 5.73 Å². The van der Waals surface area contributed by atoms with Crippen LogP contribution in [0.3, 0.4) is 0 Å². The van der Waals surface area contributed by atoms with Gasteiger partial charge in [0.05, 0.1) is 5.54 Å². The van der Waals surface area contributed by atoms with E-state index in [0.717, 1.165) is 19.5 Å². The summed E-state index contributed by atoms with van der Waals surface area (Å²) < 4.78 is 5.35. The van der Waals surface area contributed by atoms with Gasteiger partial charge < -0.3 is 15.4 Å². The number of halogens is 1. The van der Waals surface area contributed by atoms with E-state index in [9.17, 15) is 4.79 Å². The van der Waals surface area contributed by atoms with Crippen molar-refractivity contribution in [1.82, 2.24) is 4.90 Å². The second-order valence-electron chi connectivity index (χ2n) is 6.80. The molecule has 1 aromatic rings. The van der Waals surface area contributed by atoms with E-state index in [4.69, 9.17) is 10.5 Å². The van der Waals surface area contributed by atoms with Gasteiger partial charge in [0.15, 0.2) is 0 Å². The van der Waals surface area contributed by atoms with Crippen molar-refractivity contribution >= 4 is 18.3 Å². The highest BCUT2D eigenvalue weighted by atomic mass is 35.5. The standard InChI is InChI=1S/C18H26N2O2.ClH/c1-14-13-20(17(21)18(19)8-11-22-12-9-18)10-7-16(14)15-5-3-2-4-6-15;/h2-6,14,16H,7-13,19H2,1H3;1H. The fourth-order valence-electron chi connectivity index (χ4n) is 3.79. The zero-order chi connectivity index (χ0) is 15.6. The van der Waals surface area contributed by atoms with Gasteiger partial charge in [-0.2, -0.15) is 0 Å². The Hall–Kier alpha value is -1.10. The predicted molar refractivity (Wildman–Crippen MR) is 93.8 cm³/mol. The zero-order valence-electron chi connectivity index (χ0n) is 13.7. The number of carbonyl (C=O) groups excluding carboxylic acids is 1. The van der Waals surface area contributed by atoms with Gasteiger partial charge in [0.1, 0.15) is 0 Å². The lowest BCUT2D eigenvalue weighted by Crippen LogP contribution is -2.59. The fourth-order valence-corrected chi connectivity index (χ4v) is 3.79. The van der Waals surface area contributed by atoms with Crippen molar-refractivity contribution in [2.45, 2.75) is 37.6 Å². The Morgan fingerprint density at radius 1 is 1.26 bits per heavy atom. The van der Waals surface area contributed by atoms with E-state index in [2.05, 4.69) is 37.3 Å². The third-order valence-electron chi connectivity index (χ3n) is 5.23. The van der Waals surface area contributed by atoms with Crippen molar-refractivity contribution in [3.63, 3.8) is 0 Å². The maximum atomic E-state index is 12.8. The smallest absolute Gasteiger partial charge is 0.242 e. The number of amides is 1. The van der Waals surface area contributed by atoms with Crippen LogP contribution >= 0.6 is 12.4 Å². The average molecular weight is 339 g/mol. The summed E-state index contributed by atoms with van der Waals surface area (Å²) in [5, 5.41) is 0. The lowest BCUT2D eigenvalue weighted by Gasteiger charge is -2.42.